The predicted octanol–water partition coefficient (Wildman–Crippen LogP) is 1.66. The Bertz CT molecular complexity index is 435. The molecule has 1 saturated heterocycles. The molecule has 19 heavy (non-hydrogen) atoms. The number of furan rings is 1. The summed E-state index contributed by atoms with van der Waals surface area (Å²) >= 11 is 0. The van der Waals surface area contributed by atoms with Gasteiger partial charge in [0.1, 0.15) is 5.76 Å². The smallest absolute Gasteiger partial charge is 0.373 e. The zero-order valence-corrected chi connectivity index (χ0v) is 12.2. The van der Waals surface area contributed by atoms with E-state index in [0.29, 0.717) is 13.1 Å². The number of nitrogens with zero attached hydrogens (tertiary/aromatic N) is 1. The first kappa shape index (κ1) is 16.0. The Morgan fingerprint density at radius 2 is 2.32 bits per heavy atom. The van der Waals surface area contributed by atoms with Crippen molar-refractivity contribution in [3.8, 4) is 0 Å². The van der Waals surface area contributed by atoms with Gasteiger partial charge in [0, 0.05) is 6.54 Å². The summed E-state index contributed by atoms with van der Waals surface area (Å²) in [6, 6.07) is 3.48. The number of ether oxygens (including phenoxy) is 1. The van der Waals surface area contributed by atoms with E-state index in [-0.39, 0.29) is 23.6 Å². The maximum atomic E-state index is 11.3. The van der Waals surface area contributed by atoms with E-state index in [1.807, 2.05) is 6.07 Å². The van der Waals surface area contributed by atoms with Crippen molar-refractivity contribution in [1.29, 1.82) is 0 Å². The maximum absolute atomic E-state index is 11.3. The van der Waals surface area contributed by atoms with Gasteiger partial charge in [0.25, 0.3) is 0 Å². The summed E-state index contributed by atoms with van der Waals surface area (Å²) in [7, 11) is 1.34. The summed E-state index contributed by atoms with van der Waals surface area (Å²) in [5.41, 5.74) is 5.98. The molecule has 0 amide bonds. The average Bonchev–Trinajstić information content (AvgIpc) is 2.97. The number of likely N-dealkylation sites (tertiary alicyclic amines) is 1. The van der Waals surface area contributed by atoms with Crippen LogP contribution in [0.5, 0.6) is 0 Å². The van der Waals surface area contributed by atoms with Crippen molar-refractivity contribution >= 4 is 18.4 Å². The highest BCUT2D eigenvalue weighted by Crippen LogP contribution is 2.29. The normalized spacial score (nSPS) is 23.1. The molecule has 5 nitrogen and oxygen atoms in total. The molecule has 1 aliphatic heterocycles. The lowest BCUT2D eigenvalue weighted by Crippen LogP contribution is -2.31. The number of nitrogens with two attached hydrogens (primary N) is 1. The van der Waals surface area contributed by atoms with Crippen LogP contribution in [0.1, 0.15) is 29.7 Å². The third kappa shape index (κ3) is 3.72. The third-order valence-electron chi connectivity index (χ3n) is 3.56. The van der Waals surface area contributed by atoms with Crippen molar-refractivity contribution in [3.63, 3.8) is 0 Å². The summed E-state index contributed by atoms with van der Waals surface area (Å²) in [4.78, 5) is 13.6. The summed E-state index contributed by atoms with van der Waals surface area (Å²) in [5.74, 6) is 0.611. The molecule has 1 aromatic heterocycles. The molecule has 2 rings (SSSR count). The lowest BCUT2D eigenvalue weighted by molar-refractivity contribution is 0.0561. The second-order valence-corrected chi connectivity index (χ2v) is 5.23. The van der Waals surface area contributed by atoms with Gasteiger partial charge in [-0.05, 0) is 37.1 Å². The Labute approximate surface area is 119 Å². The molecule has 1 fully saturated rings. The van der Waals surface area contributed by atoms with Crippen LogP contribution in [0.15, 0.2) is 16.5 Å². The molecule has 0 spiro atoms. The second kappa shape index (κ2) is 6.41. The van der Waals surface area contributed by atoms with Crippen LogP contribution in [0.4, 0.5) is 0 Å². The maximum Gasteiger partial charge on any atom is 0.373 e. The first-order valence-corrected chi connectivity index (χ1v) is 6.16. The number of hydrogen-bond acceptors (Lipinski definition) is 5. The second-order valence-electron chi connectivity index (χ2n) is 5.23. The van der Waals surface area contributed by atoms with E-state index in [2.05, 4.69) is 16.6 Å². The highest BCUT2D eigenvalue weighted by molar-refractivity contribution is 5.86. The Hall–Kier alpha value is -1.04. The molecule has 2 heterocycles. The van der Waals surface area contributed by atoms with Crippen molar-refractivity contribution in [2.45, 2.75) is 19.9 Å². The standard InChI is InChI=1S/C13H20N2O3.ClH/c1-13(8-14)5-6-15(9-13)7-10-3-4-11(18-10)12(16)17-2;/h3-4H,5-9,14H2,1-2H3;1H. The number of carbonyl (C=O) groups excluding carboxylic acids is 1. The van der Waals surface area contributed by atoms with E-state index in [1.54, 1.807) is 6.07 Å². The van der Waals surface area contributed by atoms with Crippen LogP contribution in [0.2, 0.25) is 0 Å². The summed E-state index contributed by atoms with van der Waals surface area (Å²) in [6.45, 7) is 5.61. The molecule has 1 aromatic rings. The molecule has 1 atom stereocenters. The molecule has 0 bridgehead atoms. The van der Waals surface area contributed by atoms with Crippen LogP contribution in [-0.2, 0) is 11.3 Å². The van der Waals surface area contributed by atoms with Crippen molar-refractivity contribution in [2.24, 2.45) is 11.1 Å². The van der Waals surface area contributed by atoms with Gasteiger partial charge >= 0.3 is 5.97 Å². The largest absolute Gasteiger partial charge is 0.463 e. The minimum atomic E-state index is -0.436. The molecule has 1 unspecified atom stereocenters. The van der Waals surface area contributed by atoms with Gasteiger partial charge in [-0.25, -0.2) is 4.79 Å². The van der Waals surface area contributed by atoms with Crippen LogP contribution in [0.3, 0.4) is 0 Å². The molecule has 0 saturated carbocycles. The number of methoxy groups -OCH3 is 1. The fourth-order valence-electron chi connectivity index (χ4n) is 2.32. The number of halogens is 1. The van der Waals surface area contributed by atoms with E-state index in [0.717, 1.165) is 25.3 Å². The first-order valence-electron chi connectivity index (χ1n) is 6.16. The molecule has 0 aromatic carbocycles. The van der Waals surface area contributed by atoms with Gasteiger partial charge in [-0.1, -0.05) is 6.92 Å². The van der Waals surface area contributed by atoms with Gasteiger partial charge < -0.3 is 14.9 Å². The van der Waals surface area contributed by atoms with Gasteiger partial charge in [0.05, 0.1) is 13.7 Å². The Morgan fingerprint density at radius 3 is 2.89 bits per heavy atom. The molecule has 108 valence electrons. The lowest BCUT2D eigenvalue weighted by Gasteiger charge is -2.21. The average molecular weight is 289 g/mol. The van der Waals surface area contributed by atoms with Gasteiger partial charge in [-0.2, -0.15) is 0 Å². The van der Waals surface area contributed by atoms with E-state index < -0.39 is 5.97 Å². The van der Waals surface area contributed by atoms with E-state index in [4.69, 9.17) is 10.2 Å². The van der Waals surface area contributed by atoms with Crippen molar-refractivity contribution in [1.82, 2.24) is 4.90 Å². The predicted molar refractivity (Wildman–Crippen MR) is 74.4 cm³/mol. The number of rotatable bonds is 4. The van der Waals surface area contributed by atoms with Gasteiger partial charge in [0.2, 0.25) is 5.76 Å². The molecule has 0 radical (unpaired) electrons. The highest BCUT2D eigenvalue weighted by Gasteiger charge is 2.32. The number of carbonyl (C=O) groups is 1. The van der Waals surface area contributed by atoms with Crippen LogP contribution < -0.4 is 5.73 Å². The zero-order chi connectivity index (χ0) is 13.2. The summed E-state index contributed by atoms with van der Waals surface area (Å²) in [6.07, 6.45) is 1.11. The van der Waals surface area contributed by atoms with Gasteiger partial charge in [0.15, 0.2) is 0 Å². The van der Waals surface area contributed by atoms with Crippen LogP contribution in [0.25, 0.3) is 0 Å². The Morgan fingerprint density at radius 1 is 1.58 bits per heavy atom. The number of esters is 1. The number of hydrogen-bond donors (Lipinski definition) is 1. The van der Waals surface area contributed by atoms with Crippen LogP contribution in [-0.4, -0.2) is 37.6 Å². The fraction of sp³-hybridized carbons (Fsp3) is 0.615. The van der Waals surface area contributed by atoms with Gasteiger partial charge in [-0.15, -0.1) is 12.4 Å². The van der Waals surface area contributed by atoms with Gasteiger partial charge in [-0.3, -0.25) is 4.90 Å². The Balaban J connectivity index is 0.00000180. The summed E-state index contributed by atoms with van der Waals surface area (Å²) < 4.78 is 10.1. The van der Waals surface area contributed by atoms with E-state index >= 15 is 0 Å². The molecule has 2 N–H and O–H groups in total. The molecular formula is C13H21ClN2O3. The zero-order valence-electron chi connectivity index (χ0n) is 11.3. The van der Waals surface area contributed by atoms with Crippen molar-refractivity contribution in [2.75, 3.05) is 26.7 Å². The third-order valence-corrected chi connectivity index (χ3v) is 3.56. The minimum absolute atomic E-state index is 0. The molecule has 1 aliphatic rings. The fourth-order valence-corrected chi connectivity index (χ4v) is 2.32. The molecule has 6 heteroatoms. The van der Waals surface area contributed by atoms with Crippen molar-refractivity contribution < 1.29 is 13.9 Å². The van der Waals surface area contributed by atoms with Crippen LogP contribution >= 0.6 is 12.4 Å². The topological polar surface area (TPSA) is 68.7 Å². The summed E-state index contributed by atoms with van der Waals surface area (Å²) in [5, 5.41) is 0. The molecule has 0 aliphatic carbocycles. The van der Waals surface area contributed by atoms with E-state index in [1.165, 1.54) is 7.11 Å². The van der Waals surface area contributed by atoms with Crippen molar-refractivity contribution in [3.05, 3.63) is 23.7 Å². The van der Waals surface area contributed by atoms with Crippen LogP contribution in [0, 0.1) is 5.41 Å². The monoisotopic (exact) mass is 288 g/mol. The highest BCUT2D eigenvalue weighted by atomic mass is 35.5. The molecular weight excluding hydrogens is 268 g/mol. The van der Waals surface area contributed by atoms with E-state index in [9.17, 15) is 4.79 Å². The minimum Gasteiger partial charge on any atom is -0.463 e. The first-order chi connectivity index (χ1) is 8.56. The Kier molecular flexibility index (Phi) is 5.40. The quantitative estimate of drug-likeness (QED) is 0.854. The lowest BCUT2D eigenvalue weighted by atomic mass is 9.90. The SMILES string of the molecule is COC(=O)c1ccc(CN2CCC(C)(CN)C2)o1.Cl.